The minimum Gasteiger partial charge on any atom is -0.478 e. The molecule has 0 spiro atoms. The summed E-state index contributed by atoms with van der Waals surface area (Å²) in [4.78, 5) is 11.1. The Bertz CT molecular complexity index is 544. The van der Waals surface area contributed by atoms with Gasteiger partial charge in [-0.2, -0.15) is 0 Å². The summed E-state index contributed by atoms with van der Waals surface area (Å²) in [7, 11) is -3.39. The zero-order valence-electron chi connectivity index (χ0n) is 10.1. The molecule has 0 saturated carbocycles. The highest BCUT2D eigenvalue weighted by Crippen LogP contribution is 2.22. The van der Waals surface area contributed by atoms with Crippen molar-refractivity contribution in [2.24, 2.45) is 0 Å². The van der Waals surface area contributed by atoms with Crippen LogP contribution in [0.4, 0.5) is 0 Å². The fourth-order valence-corrected chi connectivity index (χ4v) is 2.76. The van der Waals surface area contributed by atoms with Gasteiger partial charge in [0.25, 0.3) is 0 Å². The van der Waals surface area contributed by atoms with Crippen LogP contribution >= 0.6 is 0 Å². The lowest BCUT2D eigenvalue weighted by atomic mass is 10.0. The van der Waals surface area contributed by atoms with E-state index in [1.54, 1.807) is 13.0 Å². The van der Waals surface area contributed by atoms with Gasteiger partial charge in [0.2, 0.25) is 0 Å². The van der Waals surface area contributed by atoms with Crippen molar-refractivity contribution in [2.75, 3.05) is 6.26 Å². The lowest BCUT2D eigenvalue weighted by Crippen LogP contribution is -2.08. The Labute approximate surface area is 101 Å². The van der Waals surface area contributed by atoms with Crippen molar-refractivity contribution in [1.29, 1.82) is 0 Å². The molecule has 17 heavy (non-hydrogen) atoms. The number of benzene rings is 1. The molecule has 5 heteroatoms. The second kappa shape index (κ2) is 4.87. The van der Waals surface area contributed by atoms with Gasteiger partial charge in [-0.15, -0.1) is 0 Å². The third-order valence-corrected chi connectivity index (χ3v) is 3.74. The standard InChI is InChI=1S/C12H16O4S/c1-4-5-9-6-8(2)10(12(13)14)7-11(9)17(3,15)16/h6-7H,4-5H2,1-3H3,(H,13,14). The molecule has 94 valence electrons. The van der Waals surface area contributed by atoms with Gasteiger partial charge in [0.05, 0.1) is 10.5 Å². The molecule has 1 aromatic carbocycles. The molecule has 0 aliphatic rings. The molecule has 0 aliphatic heterocycles. The number of aromatic carboxylic acids is 1. The topological polar surface area (TPSA) is 71.4 Å². The first-order chi connectivity index (χ1) is 7.77. The first-order valence-corrected chi connectivity index (χ1v) is 7.23. The van der Waals surface area contributed by atoms with Gasteiger partial charge >= 0.3 is 5.97 Å². The van der Waals surface area contributed by atoms with Gasteiger partial charge in [-0.25, -0.2) is 13.2 Å². The van der Waals surface area contributed by atoms with Gasteiger partial charge in [0.15, 0.2) is 9.84 Å². The van der Waals surface area contributed by atoms with Crippen LogP contribution in [0.2, 0.25) is 0 Å². The van der Waals surface area contributed by atoms with Crippen LogP contribution in [0.5, 0.6) is 0 Å². The maximum Gasteiger partial charge on any atom is 0.335 e. The SMILES string of the molecule is CCCc1cc(C)c(C(=O)O)cc1S(C)(=O)=O. The van der Waals surface area contributed by atoms with Crippen molar-refractivity contribution < 1.29 is 18.3 Å². The number of hydrogen-bond acceptors (Lipinski definition) is 3. The first-order valence-electron chi connectivity index (χ1n) is 5.34. The van der Waals surface area contributed by atoms with E-state index in [9.17, 15) is 13.2 Å². The summed E-state index contributed by atoms with van der Waals surface area (Å²) in [6.45, 7) is 3.63. The average molecular weight is 256 g/mol. The summed E-state index contributed by atoms with van der Waals surface area (Å²) in [6, 6.07) is 2.92. The third kappa shape index (κ3) is 3.06. The van der Waals surface area contributed by atoms with Gasteiger partial charge in [-0.1, -0.05) is 19.4 Å². The lowest BCUT2D eigenvalue weighted by Gasteiger charge is -2.10. The Morgan fingerprint density at radius 2 is 1.94 bits per heavy atom. The van der Waals surface area contributed by atoms with Crippen LogP contribution < -0.4 is 0 Å². The second-order valence-corrected chi connectivity index (χ2v) is 6.09. The molecule has 0 unspecified atom stereocenters. The van der Waals surface area contributed by atoms with E-state index in [1.165, 1.54) is 6.07 Å². The fraction of sp³-hybridized carbons (Fsp3) is 0.417. The summed E-state index contributed by atoms with van der Waals surface area (Å²) in [5.74, 6) is -1.10. The quantitative estimate of drug-likeness (QED) is 0.895. The summed E-state index contributed by atoms with van der Waals surface area (Å²) in [6.07, 6.45) is 2.54. The molecule has 0 atom stereocenters. The number of sulfone groups is 1. The van der Waals surface area contributed by atoms with Gasteiger partial charge in [0, 0.05) is 6.26 Å². The Morgan fingerprint density at radius 3 is 2.35 bits per heavy atom. The molecule has 1 N–H and O–H groups in total. The van der Waals surface area contributed by atoms with Crippen molar-refractivity contribution in [1.82, 2.24) is 0 Å². The van der Waals surface area contributed by atoms with Crippen LogP contribution in [-0.4, -0.2) is 25.7 Å². The molecule has 0 aromatic heterocycles. The minimum absolute atomic E-state index is 0.0466. The van der Waals surface area contributed by atoms with Crippen molar-refractivity contribution in [3.05, 3.63) is 28.8 Å². The van der Waals surface area contributed by atoms with Crippen molar-refractivity contribution in [3.63, 3.8) is 0 Å². The predicted octanol–water partition coefficient (Wildman–Crippen LogP) is 2.05. The number of carbonyl (C=O) groups is 1. The summed E-state index contributed by atoms with van der Waals surface area (Å²) in [5.41, 5.74) is 1.33. The van der Waals surface area contributed by atoms with Crippen molar-refractivity contribution >= 4 is 15.8 Å². The summed E-state index contributed by atoms with van der Waals surface area (Å²) >= 11 is 0. The maximum atomic E-state index is 11.6. The zero-order valence-corrected chi connectivity index (χ0v) is 11.0. The van der Waals surface area contributed by atoms with E-state index in [4.69, 9.17) is 5.11 Å². The van der Waals surface area contributed by atoms with Gasteiger partial charge in [-0.3, -0.25) is 0 Å². The normalized spacial score (nSPS) is 11.5. The number of rotatable bonds is 4. The highest BCUT2D eigenvalue weighted by molar-refractivity contribution is 7.90. The van der Waals surface area contributed by atoms with Crippen molar-refractivity contribution in [2.45, 2.75) is 31.6 Å². The first kappa shape index (κ1) is 13.7. The smallest absolute Gasteiger partial charge is 0.335 e. The zero-order chi connectivity index (χ0) is 13.2. The highest BCUT2D eigenvalue weighted by atomic mass is 32.2. The molecule has 0 radical (unpaired) electrons. The van der Waals surface area contributed by atoms with Crippen LogP contribution in [0.3, 0.4) is 0 Å². The molecule has 1 rings (SSSR count). The molecule has 0 bridgehead atoms. The minimum atomic E-state index is -3.39. The van der Waals surface area contributed by atoms with Gasteiger partial charge < -0.3 is 5.11 Å². The largest absolute Gasteiger partial charge is 0.478 e. The Balaban J connectivity index is 3.53. The lowest BCUT2D eigenvalue weighted by molar-refractivity contribution is 0.0696. The molecule has 0 amide bonds. The van der Waals surface area contributed by atoms with Crippen LogP contribution in [-0.2, 0) is 16.3 Å². The molecule has 0 heterocycles. The molecule has 4 nitrogen and oxygen atoms in total. The van der Waals surface area contributed by atoms with Crippen LogP contribution in [0.1, 0.15) is 34.8 Å². The maximum absolute atomic E-state index is 11.6. The molecular formula is C12H16O4S. The van der Waals surface area contributed by atoms with E-state index >= 15 is 0 Å². The van der Waals surface area contributed by atoms with E-state index in [-0.39, 0.29) is 10.5 Å². The molecule has 0 fully saturated rings. The number of carboxylic acid groups (broad SMARTS) is 1. The fourth-order valence-electron chi connectivity index (χ4n) is 1.79. The molecule has 0 saturated heterocycles. The Morgan fingerprint density at radius 1 is 1.35 bits per heavy atom. The molecule has 1 aromatic rings. The Hall–Kier alpha value is -1.36. The average Bonchev–Trinajstić information content (AvgIpc) is 2.15. The van der Waals surface area contributed by atoms with Gasteiger partial charge in [-0.05, 0) is 30.5 Å². The van der Waals surface area contributed by atoms with E-state index in [2.05, 4.69) is 0 Å². The number of aryl methyl sites for hydroxylation is 2. The van der Waals surface area contributed by atoms with Crippen LogP contribution in [0.15, 0.2) is 17.0 Å². The Kier molecular flexibility index (Phi) is 3.93. The van der Waals surface area contributed by atoms with Crippen molar-refractivity contribution in [3.8, 4) is 0 Å². The van der Waals surface area contributed by atoms with Crippen LogP contribution in [0, 0.1) is 6.92 Å². The molecular weight excluding hydrogens is 240 g/mol. The predicted molar refractivity (Wildman–Crippen MR) is 65.2 cm³/mol. The number of hydrogen-bond donors (Lipinski definition) is 1. The van der Waals surface area contributed by atoms with Gasteiger partial charge in [0.1, 0.15) is 0 Å². The van der Waals surface area contributed by atoms with E-state index in [0.29, 0.717) is 17.5 Å². The van der Waals surface area contributed by atoms with E-state index in [0.717, 1.165) is 12.7 Å². The number of carboxylic acids is 1. The highest BCUT2D eigenvalue weighted by Gasteiger charge is 2.18. The molecule has 0 aliphatic carbocycles. The monoisotopic (exact) mass is 256 g/mol. The van der Waals surface area contributed by atoms with Crippen LogP contribution in [0.25, 0.3) is 0 Å². The summed E-state index contributed by atoms with van der Waals surface area (Å²) < 4.78 is 23.2. The summed E-state index contributed by atoms with van der Waals surface area (Å²) in [5, 5.41) is 8.98. The van der Waals surface area contributed by atoms with E-state index < -0.39 is 15.8 Å². The van der Waals surface area contributed by atoms with E-state index in [1.807, 2.05) is 6.92 Å². The second-order valence-electron chi connectivity index (χ2n) is 4.10. The third-order valence-electron chi connectivity index (χ3n) is 2.56.